The highest BCUT2D eigenvalue weighted by Crippen LogP contribution is 2.15. The van der Waals surface area contributed by atoms with E-state index in [0.717, 1.165) is 38.3 Å². The second-order valence-electron chi connectivity index (χ2n) is 4.52. The molecular formula is C15H25NO2. The molecule has 1 atom stereocenters. The van der Waals surface area contributed by atoms with E-state index in [-0.39, 0.29) is 6.10 Å². The maximum atomic E-state index is 5.96. The molecule has 0 saturated carbocycles. The average Bonchev–Trinajstić information content (AvgIpc) is 2.37. The van der Waals surface area contributed by atoms with E-state index >= 15 is 0 Å². The van der Waals surface area contributed by atoms with Crippen molar-refractivity contribution in [2.75, 3.05) is 26.8 Å². The van der Waals surface area contributed by atoms with Crippen molar-refractivity contribution in [1.82, 2.24) is 5.32 Å². The van der Waals surface area contributed by atoms with Gasteiger partial charge in [-0.1, -0.05) is 19.1 Å². The van der Waals surface area contributed by atoms with Gasteiger partial charge in [0.05, 0.1) is 0 Å². The molecule has 0 saturated heterocycles. The lowest BCUT2D eigenvalue weighted by molar-refractivity contribution is 0.180. The van der Waals surface area contributed by atoms with Crippen molar-refractivity contribution in [2.24, 2.45) is 0 Å². The highest BCUT2D eigenvalue weighted by Gasteiger charge is 2.07. The molecule has 1 aromatic rings. The topological polar surface area (TPSA) is 30.5 Å². The van der Waals surface area contributed by atoms with Crippen LogP contribution < -0.4 is 10.1 Å². The molecule has 0 aliphatic carbocycles. The molecular weight excluding hydrogens is 226 g/mol. The molecule has 0 aliphatic heterocycles. The molecule has 0 radical (unpaired) electrons. The van der Waals surface area contributed by atoms with Crippen LogP contribution in [0.5, 0.6) is 5.75 Å². The Hall–Kier alpha value is -1.06. The summed E-state index contributed by atoms with van der Waals surface area (Å²) in [6, 6.07) is 8.20. The third-order valence-electron chi connectivity index (χ3n) is 2.82. The minimum atomic E-state index is 0.231. The predicted octanol–water partition coefficient (Wildman–Crippen LogP) is 2.78. The van der Waals surface area contributed by atoms with Crippen molar-refractivity contribution in [3.63, 3.8) is 0 Å². The van der Waals surface area contributed by atoms with Crippen molar-refractivity contribution in [3.05, 3.63) is 29.8 Å². The molecule has 0 aliphatic rings. The second-order valence-corrected chi connectivity index (χ2v) is 4.52. The largest absolute Gasteiger partial charge is 0.489 e. The summed E-state index contributed by atoms with van der Waals surface area (Å²) in [6.07, 6.45) is 2.28. The van der Waals surface area contributed by atoms with Crippen molar-refractivity contribution in [3.8, 4) is 5.75 Å². The fraction of sp³-hybridized carbons (Fsp3) is 0.600. The summed E-state index contributed by atoms with van der Waals surface area (Å²) in [5.74, 6) is 0.959. The number of hydrogen-bond acceptors (Lipinski definition) is 3. The Balaban J connectivity index is 2.28. The van der Waals surface area contributed by atoms with Gasteiger partial charge in [-0.3, -0.25) is 0 Å². The lowest BCUT2D eigenvalue weighted by Crippen LogP contribution is -2.31. The van der Waals surface area contributed by atoms with Crippen molar-refractivity contribution < 1.29 is 9.47 Å². The Morgan fingerprint density at radius 3 is 2.83 bits per heavy atom. The second kappa shape index (κ2) is 8.95. The minimum Gasteiger partial charge on any atom is -0.489 e. The molecule has 1 N–H and O–H groups in total. The summed E-state index contributed by atoms with van der Waals surface area (Å²) in [5, 5.41) is 3.40. The Labute approximate surface area is 110 Å². The normalized spacial score (nSPS) is 12.4. The number of nitrogens with one attached hydrogen (secondary N) is 1. The fourth-order valence-corrected chi connectivity index (χ4v) is 1.75. The van der Waals surface area contributed by atoms with E-state index in [1.54, 1.807) is 7.11 Å². The van der Waals surface area contributed by atoms with Crippen LogP contribution >= 0.6 is 0 Å². The molecule has 1 rings (SSSR count). The Morgan fingerprint density at radius 2 is 2.17 bits per heavy atom. The minimum absolute atomic E-state index is 0.231. The molecule has 0 heterocycles. The van der Waals surface area contributed by atoms with Gasteiger partial charge in [0.1, 0.15) is 11.9 Å². The summed E-state index contributed by atoms with van der Waals surface area (Å²) in [4.78, 5) is 0. The molecule has 0 amide bonds. The first-order chi connectivity index (χ1) is 8.76. The van der Waals surface area contributed by atoms with Gasteiger partial charge in [0.25, 0.3) is 0 Å². The van der Waals surface area contributed by atoms with E-state index in [4.69, 9.17) is 9.47 Å². The SMILES string of the molecule is CCC(CNCCCOC)Oc1cccc(C)c1. The Bertz CT molecular complexity index is 328. The first-order valence-corrected chi connectivity index (χ1v) is 6.69. The first kappa shape index (κ1) is 15.0. The summed E-state index contributed by atoms with van der Waals surface area (Å²) in [6.45, 7) is 6.90. The van der Waals surface area contributed by atoms with Crippen LogP contribution in [0.2, 0.25) is 0 Å². The molecule has 0 fully saturated rings. The molecule has 3 heteroatoms. The van der Waals surface area contributed by atoms with Gasteiger partial charge in [-0.2, -0.15) is 0 Å². The van der Waals surface area contributed by atoms with Crippen molar-refractivity contribution >= 4 is 0 Å². The first-order valence-electron chi connectivity index (χ1n) is 6.69. The van der Waals surface area contributed by atoms with Crippen LogP contribution in [0.25, 0.3) is 0 Å². The predicted molar refractivity (Wildman–Crippen MR) is 75.2 cm³/mol. The van der Waals surface area contributed by atoms with E-state index in [2.05, 4.69) is 31.3 Å². The Morgan fingerprint density at radius 1 is 1.33 bits per heavy atom. The number of methoxy groups -OCH3 is 1. The quantitative estimate of drug-likeness (QED) is 0.685. The van der Waals surface area contributed by atoms with Crippen LogP contribution in [0, 0.1) is 6.92 Å². The highest BCUT2D eigenvalue weighted by molar-refractivity contribution is 5.27. The van der Waals surface area contributed by atoms with Gasteiger partial charge < -0.3 is 14.8 Å². The van der Waals surface area contributed by atoms with Gasteiger partial charge >= 0.3 is 0 Å². The number of benzene rings is 1. The van der Waals surface area contributed by atoms with E-state index < -0.39 is 0 Å². The molecule has 3 nitrogen and oxygen atoms in total. The average molecular weight is 251 g/mol. The van der Waals surface area contributed by atoms with E-state index in [0.29, 0.717) is 0 Å². The zero-order valence-corrected chi connectivity index (χ0v) is 11.7. The Kier molecular flexibility index (Phi) is 7.46. The van der Waals surface area contributed by atoms with Crippen molar-refractivity contribution in [2.45, 2.75) is 32.8 Å². The van der Waals surface area contributed by atoms with Gasteiger partial charge in [0.15, 0.2) is 0 Å². The molecule has 18 heavy (non-hydrogen) atoms. The summed E-state index contributed by atoms with van der Waals surface area (Å²) in [5.41, 5.74) is 1.23. The van der Waals surface area contributed by atoms with Crippen molar-refractivity contribution in [1.29, 1.82) is 0 Å². The van der Waals surface area contributed by atoms with Crippen LogP contribution in [0.1, 0.15) is 25.3 Å². The van der Waals surface area contributed by atoms with Gasteiger partial charge in [0.2, 0.25) is 0 Å². The van der Waals surface area contributed by atoms with Crippen LogP contribution in [0.3, 0.4) is 0 Å². The third kappa shape index (κ3) is 6.03. The van der Waals surface area contributed by atoms with Crippen LogP contribution in [-0.4, -0.2) is 32.9 Å². The number of aryl methyl sites for hydroxylation is 1. The van der Waals surface area contributed by atoms with E-state index in [1.165, 1.54) is 5.56 Å². The zero-order valence-electron chi connectivity index (χ0n) is 11.7. The smallest absolute Gasteiger partial charge is 0.120 e. The lowest BCUT2D eigenvalue weighted by Gasteiger charge is -2.18. The summed E-state index contributed by atoms with van der Waals surface area (Å²) >= 11 is 0. The summed E-state index contributed by atoms with van der Waals surface area (Å²) < 4.78 is 11.0. The highest BCUT2D eigenvalue weighted by atomic mass is 16.5. The van der Waals surface area contributed by atoms with Gasteiger partial charge in [0, 0.05) is 20.3 Å². The van der Waals surface area contributed by atoms with Gasteiger partial charge in [-0.15, -0.1) is 0 Å². The fourth-order valence-electron chi connectivity index (χ4n) is 1.75. The molecule has 0 bridgehead atoms. The van der Waals surface area contributed by atoms with E-state index in [1.807, 2.05) is 12.1 Å². The molecule has 0 aromatic heterocycles. The summed E-state index contributed by atoms with van der Waals surface area (Å²) in [7, 11) is 1.73. The molecule has 1 unspecified atom stereocenters. The maximum Gasteiger partial charge on any atom is 0.120 e. The number of ether oxygens (including phenoxy) is 2. The molecule has 0 spiro atoms. The van der Waals surface area contributed by atoms with Gasteiger partial charge in [-0.05, 0) is 44.0 Å². The monoisotopic (exact) mass is 251 g/mol. The van der Waals surface area contributed by atoms with Crippen LogP contribution in [0.15, 0.2) is 24.3 Å². The third-order valence-corrected chi connectivity index (χ3v) is 2.82. The standard InChI is InChI=1S/C15H25NO2/c1-4-14(12-16-9-6-10-17-3)18-15-8-5-7-13(2)11-15/h5,7-8,11,14,16H,4,6,9-10,12H2,1-3H3. The number of hydrogen-bond donors (Lipinski definition) is 1. The van der Waals surface area contributed by atoms with Crippen LogP contribution in [0.4, 0.5) is 0 Å². The number of rotatable bonds is 9. The van der Waals surface area contributed by atoms with E-state index in [9.17, 15) is 0 Å². The lowest BCUT2D eigenvalue weighted by atomic mass is 10.2. The van der Waals surface area contributed by atoms with Gasteiger partial charge in [-0.25, -0.2) is 0 Å². The zero-order chi connectivity index (χ0) is 13.2. The maximum absolute atomic E-state index is 5.96. The molecule has 102 valence electrons. The molecule has 1 aromatic carbocycles. The van der Waals surface area contributed by atoms with Crippen LogP contribution in [-0.2, 0) is 4.74 Å².